The van der Waals surface area contributed by atoms with E-state index < -0.39 is 11.7 Å². The van der Waals surface area contributed by atoms with E-state index in [4.69, 9.17) is 28.6 Å². The van der Waals surface area contributed by atoms with Crippen LogP contribution >= 0.6 is 23.8 Å². The van der Waals surface area contributed by atoms with Gasteiger partial charge in [-0.1, -0.05) is 29.9 Å². The minimum atomic E-state index is -4.41. The van der Waals surface area contributed by atoms with E-state index in [1.807, 2.05) is 0 Å². The molecule has 22 heavy (non-hydrogen) atoms. The molecule has 0 fully saturated rings. The van der Waals surface area contributed by atoms with E-state index >= 15 is 0 Å². The van der Waals surface area contributed by atoms with E-state index in [9.17, 15) is 13.2 Å². The quantitative estimate of drug-likeness (QED) is 0.777. The second-order valence-electron chi connectivity index (χ2n) is 4.38. The number of ether oxygens (including phenoxy) is 1. The lowest BCUT2D eigenvalue weighted by Gasteiger charge is -2.13. The number of thiocarbonyl (C=S) groups is 1. The van der Waals surface area contributed by atoms with Crippen molar-refractivity contribution in [1.29, 1.82) is 0 Å². The molecule has 0 aliphatic heterocycles. The van der Waals surface area contributed by atoms with E-state index in [0.717, 1.165) is 12.1 Å². The van der Waals surface area contributed by atoms with Gasteiger partial charge in [0.15, 0.2) is 0 Å². The summed E-state index contributed by atoms with van der Waals surface area (Å²) < 4.78 is 43.3. The summed E-state index contributed by atoms with van der Waals surface area (Å²) in [6.07, 6.45) is -4.41. The van der Waals surface area contributed by atoms with Gasteiger partial charge in [0.1, 0.15) is 10.7 Å². The van der Waals surface area contributed by atoms with Gasteiger partial charge in [0, 0.05) is 10.7 Å². The number of halogens is 4. The van der Waals surface area contributed by atoms with Gasteiger partial charge in [-0.3, -0.25) is 0 Å². The highest BCUT2D eigenvalue weighted by Gasteiger charge is 2.30. The van der Waals surface area contributed by atoms with Gasteiger partial charge in [0.25, 0.3) is 0 Å². The standard InChI is InChI=1S/C15H11ClF3NOS/c1-21-13-8-10(16)5-6-12(13)14(22)20-11-4-2-3-9(7-11)15(17,18)19/h2-8H,1H3,(H,20,22). The number of alkyl halides is 3. The normalized spacial score (nSPS) is 11.1. The molecule has 0 heterocycles. The Morgan fingerprint density at radius 1 is 1.18 bits per heavy atom. The summed E-state index contributed by atoms with van der Waals surface area (Å²) in [5, 5.41) is 3.25. The van der Waals surface area contributed by atoms with E-state index in [1.54, 1.807) is 18.2 Å². The second kappa shape index (κ2) is 6.54. The molecule has 2 nitrogen and oxygen atoms in total. The van der Waals surface area contributed by atoms with Crippen LogP contribution < -0.4 is 10.1 Å². The van der Waals surface area contributed by atoms with Gasteiger partial charge in [-0.2, -0.15) is 13.2 Å². The minimum Gasteiger partial charge on any atom is -0.496 e. The molecule has 1 N–H and O–H groups in total. The summed E-state index contributed by atoms with van der Waals surface area (Å²) in [4.78, 5) is 0.243. The smallest absolute Gasteiger partial charge is 0.416 e. The summed E-state index contributed by atoms with van der Waals surface area (Å²) in [6.45, 7) is 0. The molecule has 0 aliphatic rings. The van der Waals surface area contributed by atoms with Gasteiger partial charge in [0.2, 0.25) is 0 Å². The molecule has 2 aromatic carbocycles. The first-order valence-corrected chi connectivity index (χ1v) is 6.92. The van der Waals surface area contributed by atoms with Crippen LogP contribution in [-0.4, -0.2) is 12.1 Å². The fourth-order valence-electron chi connectivity index (χ4n) is 1.82. The average molecular weight is 346 g/mol. The molecule has 0 saturated carbocycles. The first kappa shape index (κ1) is 16.6. The molecule has 0 aliphatic carbocycles. The number of anilines is 1. The van der Waals surface area contributed by atoms with Crippen molar-refractivity contribution < 1.29 is 17.9 Å². The van der Waals surface area contributed by atoms with Crippen molar-refractivity contribution in [2.45, 2.75) is 6.18 Å². The Labute approximate surface area is 135 Å². The molecule has 0 saturated heterocycles. The largest absolute Gasteiger partial charge is 0.496 e. The van der Waals surface area contributed by atoms with Crippen LogP contribution in [0.2, 0.25) is 5.02 Å². The maximum atomic E-state index is 12.7. The van der Waals surface area contributed by atoms with Gasteiger partial charge in [-0.15, -0.1) is 0 Å². The number of hydrogen-bond donors (Lipinski definition) is 1. The topological polar surface area (TPSA) is 21.3 Å². The maximum absolute atomic E-state index is 12.7. The molecular formula is C15H11ClF3NOS. The zero-order valence-electron chi connectivity index (χ0n) is 11.4. The molecule has 0 unspecified atom stereocenters. The zero-order valence-corrected chi connectivity index (χ0v) is 12.9. The monoisotopic (exact) mass is 345 g/mol. The highest BCUT2D eigenvalue weighted by atomic mass is 35.5. The van der Waals surface area contributed by atoms with Crippen LogP contribution in [0, 0.1) is 0 Å². The molecule has 0 radical (unpaired) electrons. The average Bonchev–Trinajstić information content (AvgIpc) is 2.46. The lowest BCUT2D eigenvalue weighted by molar-refractivity contribution is -0.137. The van der Waals surface area contributed by atoms with E-state index in [-0.39, 0.29) is 10.7 Å². The Balaban J connectivity index is 2.26. The third-order valence-corrected chi connectivity index (χ3v) is 3.41. The number of hydrogen-bond acceptors (Lipinski definition) is 2. The van der Waals surface area contributed by atoms with E-state index in [0.29, 0.717) is 16.3 Å². The van der Waals surface area contributed by atoms with Crippen molar-refractivity contribution in [2.75, 3.05) is 12.4 Å². The Hall–Kier alpha value is -1.79. The number of nitrogens with one attached hydrogen (secondary N) is 1. The van der Waals surface area contributed by atoms with Gasteiger partial charge >= 0.3 is 6.18 Å². The Kier molecular flexibility index (Phi) is 4.93. The summed E-state index contributed by atoms with van der Waals surface area (Å²) in [7, 11) is 1.46. The molecule has 116 valence electrons. The molecule has 0 atom stereocenters. The van der Waals surface area contributed by atoms with Gasteiger partial charge in [-0.25, -0.2) is 0 Å². The minimum absolute atomic E-state index is 0.243. The van der Waals surface area contributed by atoms with Crippen molar-refractivity contribution in [3.8, 4) is 5.75 Å². The Morgan fingerprint density at radius 3 is 2.55 bits per heavy atom. The summed E-state index contributed by atoms with van der Waals surface area (Å²) in [6, 6.07) is 9.66. The van der Waals surface area contributed by atoms with Crippen LogP contribution in [0.4, 0.5) is 18.9 Å². The number of benzene rings is 2. The van der Waals surface area contributed by atoms with Crippen molar-refractivity contribution in [2.24, 2.45) is 0 Å². The number of methoxy groups -OCH3 is 1. The van der Waals surface area contributed by atoms with Crippen LogP contribution in [-0.2, 0) is 6.18 Å². The third-order valence-electron chi connectivity index (χ3n) is 2.86. The molecule has 0 amide bonds. The summed E-state index contributed by atoms with van der Waals surface area (Å²) >= 11 is 11.1. The molecule has 0 spiro atoms. The fourth-order valence-corrected chi connectivity index (χ4v) is 2.27. The predicted octanol–water partition coefficient (Wildman–Crippen LogP) is 5.16. The first-order valence-electron chi connectivity index (χ1n) is 6.13. The lowest BCUT2D eigenvalue weighted by atomic mass is 10.1. The predicted molar refractivity (Wildman–Crippen MR) is 84.8 cm³/mol. The van der Waals surface area contributed by atoms with Crippen LogP contribution in [0.15, 0.2) is 42.5 Å². The molecule has 0 aromatic heterocycles. The van der Waals surface area contributed by atoms with E-state index in [1.165, 1.54) is 19.2 Å². The SMILES string of the molecule is COc1cc(Cl)ccc1C(=S)Nc1cccc(C(F)(F)F)c1. The molecule has 2 rings (SSSR count). The molecule has 2 aromatic rings. The van der Waals surface area contributed by atoms with Crippen molar-refractivity contribution in [3.63, 3.8) is 0 Å². The van der Waals surface area contributed by atoms with Crippen LogP contribution in [0.3, 0.4) is 0 Å². The van der Waals surface area contributed by atoms with Crippen molar-refractivity contribution >= 4 is 34.5 Å². The first-order chi connectivity index (χ1) is 10.3. The van der Waals surface area contributed by atoms with Crippen molar-refractivity contribution in [3.05, 3.63) is 58.6 Å². The Morgan fingerprint density at radius 2 is 1.91 bits per heavy atom. The van der Waals surface area contributed by atoms with Gasteiger partial charge in [0.05, 0.1) is 18.2 Å². The van der Waals surface area contributed by atoms with Crippen LogP contribution in [0.1, 0.15) is 11.1 Å². The maximum Gasteiger partial charge on any atom is 0.416 e. The molecule has 0 bridgehead atoms. The van der Waals surface area contributed by atoms with Crippen molar-refractivity contribution in [1.82, 2.24) is 0 Å². The molecule has 7 heteroatoms. The summed E-state index contributed by atoms with van der Waals surface area (Å²) in [5.41, 5.74) is 0.0412. The second-order valence-corrected chi connectivity index (χ2v) is 5.22. The van der Waals surface area contributed by atoms with Crippen LogP contribution in [0.25, 0.3) is 0 Å². The lowest BCUT2D eigenvalue weighted by Crippen LogP contribution is -2.13. The fraction of sp³-hybridized carbons (Fsp3) is 0.133. The third kappa shape index (κ3) is 3.90. The molecular weight excluding hydrogens is 335 g/mol. The summed E-state index contributed by atoms with van der Waals surface area (Å²) in [5.74, 6) is 0.442. The Bertz CT molecular complexity index is 703. The highest BCUT2D eigenvalue weighted by molar-refractivity contribution is 7.81. The highest BCUT2D eigenvalue weighted by Crippen LogP contribution is 2.31. The van der Waals surface area contributed by atoms with Crippen LogP contribution in [0.5, 0.6) is 5.75 Å². The van der Waals surface area contributed by atoms with E-state index in [2.05, 4.69) is 5.32 Å². The number of rotatable bonds is 3. The van der Waals surface area contributed by atoms with Gasteiger partial charge < -0.3 is 10.1 Å². The zero-order chi connectivity index (χ0) is 16.3. The van der Waals surface area contributed by atoms with Gasteiger partial charge in [-0.05, 0) is 36.4 Å².